The molecule has 33 heavy (non-hydrogen) atoms. The van der Waals surface area contributed by atoms with Gasteiger partial charge in [-0.3, -0.25) is 9.59 Å². The molecule has 0 unspecified atom stereocenters. The van der Waals surface area contributed by atoms with Crippen molar-refractivity contribution in [2.45, 2.75) is 51.6 Å². The smallest absolute Gasteiger partial charge is 0.481 e. The third-order valence-corrected chi connectivity index (χ3v) is 3.44. The van der Waals surface area contributed by atoms with Crippen molar-refractivity contribution in [3.63, 3.8) is 0 Å². The van der Waals surface area contributed by atoms with Crippen LogP contribution in [-0.2, 0) is 42.8 Å². The lowest BCUT2D eigenvalue weighted by molar-refractivity contribution is -0.138. The summed E-state index contributed by atoms with van der Waals surface area (Å²) in [7, 11) is 0. The minimum atomic E-state index is -1.30. The molecule has 0 atom stereocenters. The van der Waals surface area contributed by atoms with Gasteiger partial charge >= 0.3 is 30.4 Å². The van der Waals surface area contributed by atoms with E-state index in [4.69, 9.17) is 29.2 Å². The van der Waals surface area contributed by atoms with E-state index in [2.05, 4.69) is 9.47 Å². The van der Waals surface area contributed by atoms with Crippen molar-refractivity contribution < 1.29 is 67.4 Å². The van der Waals surface area contributed by atoms with Crippen LogP contribution in [0.4, 0.5) is 14.4 Å². The van der Waals surface area contributed by atoms with Crippen molar-refractivity contribution >= 4 is 36.2 Å². The molecule has 0 rings (SSSR count). The van der Waals surface area contributed by atoms with E-state index in [-0.39, 0.29) is 64.1 Å². The van der Waals surface area contributed by atoms with Gasteiger partial charge in [0.2, 0.25) is 0 Å². The molecule has 0 aromatic heterocycles. The van der Waals surface area contributed by atoms with E-state index in [0.717, 1.165) is 0 Å². The fourth-order valence-corrected chi connectivity index (χ4v) is 1.93. The van der Waals surface area contributed by atoms with Gasteiger partial charge in [-0.15, -0.1) is 0 Å². The van der Waals surface area contributed by atoms with Crippen LogP contribution in [0.15, 0.2) is 0 Å². The second-order valence-corrected chi connectivity index (χ2v) is 6.46. The molecule has 0 aromatic rings. The molecule has 0 aliphatic rings. The van der Waals surface area contributed by atoms with E-state index in [0.29, 0.717) is 0 Å². The average Bonchev–Trinajstić information content (AvgIpc) is 2.73. The lowest BCUT2D eigenvalue weighted by atomic mass is 10.2. The first-order valence-electron chi connectivity index (χ1n) is 9.95. The minimum Gasteiger partial charge on any atom is -0.481 e. The molecule has 0 saturated heterocycles. The summed E-state index contributed by atoms with van der Waals surface area (Å²) >= 11 is 0. The first-order valence-corrected chi connectivity index (χ1v) is 9.95. The molecule has 0 amide bonds. The van der Waals surface area contributed by atoms with Gasteiger partial charge in [-0.2, -0.15) is 0 Å². The maximum absolute atomic E-state index is 11.8. The van der Waals surface area contributed by atoms with Gasteiger partial charge in [0.15, 0.2) is 6.10 Å². The number of rotatable bonds is 17. The molecule has 0 radical (unpaired) electrons. The number of ether oxygens (including phenoxy) is 6. The Balaban J connectivity index is 4.49. The van der Waals surface area contributed by atoms with Crippen LogP contribution in [0.2, 0.25) is 0 Å². The molecule has 0 fully saturated rings. The van der Waals surface area contributed by atoms with Crippen molar-refractivity contribution in [3.05, 3.63) is 0 Å². The molecule has 0 spiro atoms. The summed E-state index contributed by atoms with van der Waals surface area (Å²) in [6.07, 6.45) is -4.63. The molecule has 14 heteroatoms. The summed E-state index contributed by atoms with van der Waals surface area (Å²) in [4.78, 5) is 66.5. The van der Waals surface area contributed by atoms with Gasteiger partial charge in [0.05, 0.1) is 19.8 Å². The number of carbonyl (C=O) groups excluding carboxylic acids is 4. The standard InChI is InChI=1S/C19H28O14/c1-13(20)5-2-8-30-19(27)33-14(11-31-17(25)28-9-3-6-15(21)22)12-32-18(26)29-10-4-7-16(23)24/h14H,2-12H2,1H3,(H,21,22)(H,23,24). The fraction of sp³-hybridized carbons (Fsp3) is 0.684. The molecule has 188 valence electrons. The van der Waals surface area contributed by atoms with Gasteiger partial charge in [-0.1, -0.05) is 0 Å². The Morgan fingerprint density at radius 2 is 1.00 bits per heavy atom. The van der Waals surface area contributed by atoms with Crippen LogP contribution in [0.1, 0.15) is 45.4 Å². The fourth-order valence-electron chi connectivity index (χ4n) is 1.93. The molecule has 0 aliphatic heterocycles. The normalized spacial score (nSPS) is 10.1. The number of carboxylic acid groups (broad SMARTS) is 2. The summed E-state index contributed by atoms with van der Waals surface area (Å²) in [5.41, 5.74) is 0. The highest BCUT2D eigenvalue weighted by molar-refractivity contribution is 5.75. The zero-order chi connectivity index (χ0) is 25.1. The summed E-state index contributed by atoms with van der Waals surface area (Å²) in [5.74, 6) is -2.21. The van der Waals surface area contributed by atoms with Crippen LogP contribution in [-0.4, -0.2) is 85.5 Å². The van der Waals surface area contributed by atoms with Crippen LogP contribution >= 0.6 is 0 Å². The largest absolute Gasteiger partial charge is 0.508 e. The summed E-state index contributed by atoms with van der Waals surface area (Å²) < 4.78 is 28.5. The Hall–Kier alpha value is -3.58. The maximum atomic E-state index is 11.8. The second-order valence-electron chi connectivity index (χ2n) is 6.46. The number of hydrogen-bond acceptors (Lipinski definition) is 12. The first-order chi connectivity index (χ1) is 15.6. The Morgan fingerprint density at radius 3 is 1.39 bits per heavy atom. The Morgan fingerprint density at radius 1 is 0.606 bits per heavy atom. The first kappa shape index (κ1) is 29.4. The third kappa shape index (κ3) is 20.1. The van der Waals surface area contributed by atoms with Crippen molar-refractivity contribution in [2.24, 2.45) is 0 Å². The van der Waals surface area contributed by atoms with Gasteiger partial charge < -0.3 is 43.4 Å². The Bertz CT molecular complexity index is 621. The molecule has 0 saturated carbocycles. The Kier molecular flexibility index (Phi) is 16.1. The summed E-state index contributed by atoms with van der Waals surface area (Å²) in [5, 5.41) is 17.0. The van der Waals surface area contributed by atoms with E-state index >= 15 is 0 Å². The van der Waals surface area contributed by atoms with Crippen LogP contribution in [0.25, 0.3) is 0 Å². The monoisotopic (exact) mass is 480 g/mol. The number of hydrogen-bond donors (Lipinski definition) is 2. The van der Waals surface area contributed by atoms with Crippen molar-refractivity contribution in [1.82, 2.24) is 0 Å². The van der Waals surface area contributed by atoms with Gasteiger partial charge in [0, 0.05) is 19.3 Å². The topological polar surface area (TPSA) is 198 Å². The average molecular weight is 480 g/mol. The molecule has 2 N–H and O–H groups in total. The zero-order valence-electron chi connectivity index (χ0n) is 18.1. The maximum Gasteiger partial charge on any atom is 0.508 e. The number of aliphatic carboxylic acids is 2. The number of carbonyl (C=O) groups is 6. The lowest BCUT2D eigenvalue weighted by Gasteiger charge is -2.17. The SMILES string of the molecule is CC(=O)CCCOC(=O)OC(COC(=O)OCCCC(=O)O)COC(=O)OCCCC(=O)O. The zero-order valence-corrected chi connectivity index (χ0v) is 18.1. The van der Waals surface area contributed by atoms with Gasteiger partial charge in [-0.05, 0) is 26.2 Å². The van der Waals surface area contributed by atoms with Crippen LogP contribution < -0.4 is 0 Å². The highest BCUT2D eigenvalue weighted by atomic mass is 16.8. The van der Waals surface area contributed by atoms with E-state index in [1.807, 2.05) is 0 Å². The molecule has 0 aliphatic carbocycles. The van der Waals surface area contributed by atoms with E-state index in [9.17, 15) is 28.8 Å². The molecular formula is C19H28O14. The Labute approximate surface area is 189 Å². The van der Waals surface area contributed by atoms with Crippen molar-refractivity contribution in [1.29, 1.82) is 0 Å². The van der Waals surface area contributed by atoms with Crippen LogP contribution in [0, 0.1) is 0 Å². The van der Waals surface area contributed by atoms with Crippen LogP contribution in [0.5, 0.6) is 0 Å². The summed E-state index contributed by atoms with van der Waals surface area (Å²) in [6, 6.07) is 0. The molecule has 0 heterocycles. The number of ketones is 1. The van der Waals surface area contributed by atoms with Gasteiger partial charge in [-0.25, -0.2) is 14.4 Å². The van der Waals surface area contributed by atoms with E-state index < -0.39 is 49.7 Å². The molecular weight excluding hydrogens is 452 g/mol. The van der Waals surface area contributed by atoms with Crippen LogP contribution in [0.3, 0.4) is 0 Å². The molecule has 0 bridgehead atoms. The van der Waals surface area contributed by atoms with E-state index in [1.165, 1.54) is 6.92 Å². The predicted molar refractivity (Wildman–Crippen MR) is 104 cm³/mol. The van der Waals surface area contributed by atoms with Gasteiger partial charge in [0.25, 0.3) is 0 Å². The molecule has 0 aromatic carbocycles. The summed E-state index contributed by atoms with van der Waals surface area (Å²) in [6.45, 7) is -0.337. The second kappa shape index (κ2) is 18.0. The van der Waals surface area contributed by atoms with Crippen molar-refractivity contribution in [2.75, 3.05) is 33.0 Å². The number of Topliss-reactive ketones (excluding diaryl/α,β-unsaturated/α-hetero) is 1. The third-order valence-electron chi connectivity index (χ3n) is 3.44. The van der Waals surface area contributed by atoms with E-state index in [1.54, 1.807) is 0 Å². The minimum absolute atomic E-state index is 0.0633. The van der Waals surface area contributed by atoms with Crippen molar-refractivity contribution in [3.8, 4) is 0 Å². The number of carboxylic acids is 2. The van der Waals surface area contributed by atoms with Gasteiger partial charge in [0.1, 0.15) is 19.0 Å². The highest BCUT2D eigenvalue weighted by Gasteiger charge is 2.21. The highest BCUT2D eigenvalue weighted by Crippen LogP contribution is 2.03. The lowest BCUT2D eigenvalue weighted by Crippen LogP contribution is -2.31. The molecule has 14 nitrogen and oxygen atoms in total. The quantitative estimate of drug-likeness (QED) is 0.174. The predicted octanol–water partition coefficient (Wildman–Crippen LogP) is 1.91.